The molecule has 0 atom stereocenters. The number of carbonyl (C=O) groups excluding carboxylic acids is 1. The molecule has 1 aliphatic rings. The van der Waals surface area contributed by atoms with Crippen LogP contribution in [0.5, 0.6) is 0 Å². The van der Waals surface area contributed by atoms with Crippen LogP contribution in [0.2, 0.25) is 0 Å². The first-order chi connectivity index (χ1) is 7.36. The second kappa shape index (κ2) is 4.60. The van der Waals surface area contributed by atoms with Gasteiger partial charge in [0.15, 0.2) is 0 Å². The van der Waals surface area contributed by atoms with Gasteiger partial charge in [-0.15, -0.1) is 0 Å². The van der Waals surface area contributed by atoms with Gasteiger partial charge >= 0.3 is 5.97 Å². The Hall–Kier alpha value is -1.83. The van der Waals surface area contributed by atoms with Gasteiger partial charge in [-0.25, -0.2) is 0 Å². The van der Waals surface area contributed by atoms with Crippen LogP contribution in [0.4, 0.5) is 0 Å². The molecular formula is C13H12O2. The predicted molar refractivity (Wildman–Crippen MR) is 58.0 cm³/mol. The molecule has 0 amide bonds. The minimum atomic E-state index is -0.200. The fourth-order valence-electron chi connectivity index (χ4n) is 1.41. The van der Waals surface area contributed by atoms with Gasteiger partial charge in [-0.3, -0.25) is 4.79 Å². The Bertz CT molecular complexity index is 378. The average Bonchev–Trinajstić information content (AvgIpc) is 2.81. The van der Waals surface area contributed by atoms with Crippen molar-refractivity contribution in [3.8, 4) is 0 Å². The summed E-state index contributed by atoms with van der Waals surface area (Å²) in [5, 5.41) is 0. The average molecular weight is 200 g/mol. The zero-order chi connectivity index (χ0) is 10.5. The molecule has 0 heterocycles. The van der Waals surface area contributed by atoms with Gasteiger partial charge in [0.2, 0.25) is 0 Å². The van der Waals surface area contributed by atoms with E-state index in [-0.39, 0.29) is 11.9 Å². The van der Waals surface area contributed by atoms with Crippen LogP contribution in [0, 0.1) is 5.92 Å². The lowest BCUT2D eigenvalue weighted by molar-refractivity contribution is -0.146. The molecule has 1 aliphatic carbocycles. The highest BCUT2D eigenvalue weighted by Crippen LogP contribution is 2.12. The lowest BCUT2D eigenvalue weighted by Crippen LogP contribution is -2.12. The first kappa shape index (κ1) is 9.71. The van der Waals surface area contributed by atoms with Gasteiger partial charge < -0.3 is 4.74 Å². The van der Waals surface area contributed by atoms with Crippen molar-refractivity contribution in [2.24, 2.45) is 5.92 Å². The third-order valence-corrected chi connectivity index (χ3v) is 2.24. The van der Waals surface area contributed by atoms with Crippen molar-refractivity contribution < 1.29 is 9.53 Å². The largest absolute Gasteiger partial charge is 0.460 e. The topological polar surface area (TPSA) is 26.3 Å². The molecule has 0 saturated carbocycles. The van der Waals surface area contributed by atoms with Crippen LogP contribution < -0.4 is 0 Å². The summed E-state index contributed by atoms with van der Waals surface area (Å²) in [6.07, 6.45) is 7.36. The molecule has 2 rings (SSSR count). The molecule has 0 N–H and O–H groups in total. The molecule has 0 unspecified atom stereocenters. The maximum Gasteiger partial charge on any atom is 0.317 e. The minimum absolute atomic E-state index is 0.191. The summed E-state index contributed by atoms with van der Waals surface area (Å²) < 4.78 is 5.17. The number of ether oxygens (including phenoxy) is 1. The Kier molecular flexibility index (Phi) is 2.98. The van der Waals surface area contributed by atoms with Crippen molar-refractivity contribution in [2.75, 3.05) is 0 Å². The third-order valence-electron chi connectivity index (χ3n) is 2.24. The smallest absolute Gasteiger partial charge is 0.317 e. The van der Waals surface area contributed by atoms with E-state index >= 15 is 0 Å². The summed E-state index contributed by atoms with van der Waals surface area (Å²) in [6.45, 7) is 0.345. The van der Waals surface area contributed by atoms with Gasteiger partial charge in [-0.1, -0.05) is 54.6 Å². The van der Waals surface area contributed by atoms with E-state index in [1.165, 1.54) is 0 Å². The first-order valence-electron chi connectivity index (χ1n) is 4.92. The summed E-state index contributed by atoms with van der Waals surface area (Å²) in [6, 6.07) is 9.67. The molecule has 2 nitrogen and oxygen atoms in total. The molecule has 0 bridgehead atoms. The Morgan fingerprint density at radius 2 is 1.80 bits per heavy atom. The standard InChI is InChI=1S/C13H12O2/c14-13(12-8-4-5-9-12)15-10-11-6-2-1-3-7-11/h1-9,12H,10H2. The van der Waals surface area contributed by atoms with Gasteiger partial charge in [0.05, 0.1) is 5.92 Å². The molecule has 1 aromatic carbocycles. The number of hydrogen-bond acceptors (Lipinski definition) is 2. The molecule has 0 spiro atoms. The normalized spacial score (nSPS) is 14.4. The lowest BCUT2D eigenvalue weighted by atomic mass is 10.2. The minimum Gasteiger partial charge on any atom is -0.460 e. The van der Waals surface area contributed by atoms with Crippen molar-refractivity contribution in [2.45, 2.75) is 6.61 Å². The zero-order valence-corrected chi connectivity index (χ0v) is 8.30. The van der Waals surface area contributed by atoms with Crippen LogP contribution >= 0.6 is 0 Å². The number of esters is 1. The van der Waals surface area contributed by atoms with Gasteiger partial charge in [-0.05, 0) is 5.56 Å². The van der Waals surface area contributed by atoms with Crippen molar-refractivity contribution in [1.29, 1.82) is 0 Å². The highest BCUT2D eigenvalue weighted by molar-refractivity contribution is 5.77. The van der Waals surface area contributed by atoms with Crippen LogP contribution in [-0.2, 0) is 16.1 Å². The van der Waals surface area contributed by atoms with E-state index in [2.05, 4.69) is 0 Å². The number of allylic oxidation sites excluding steroid dienone is 2. The second-order valence-corrected chi connectivity index (χ2v) is 3.39. The van der Waals surface area contributed by atoms with Gasteiger partial charge in [0.25, 0.3) is 0 Å². The summed E-state index contributed by atoms with van der Waals surface area (Å²) in [4.78, 5) is 11.5. The third kappa shape index (κ3) is 2.56. The molecule has 0 radical (unpaired) electrons. The van der Waals surface area contributed by atoms with Crippen LogP contribution in [0.3, 0.4) is 0 Å². The maximum atomic E-state index is 11.5. The summed E-state index contributed by atoms with van der Waals surface area (Å²) in [5.41, 5.74) is 1.01. The monoisotopic (exact) mass is 200 g/mol. The fourth-order valence-corrected chi connectivity index (χ4v) is 1.41. The van der Waals surface area contributed by atoms with Gasteiger partial charge in [-0.2, -0.15) is 0 Å². The number of benzene rings is 1. The van der Waals surface area contributed by atoms with Gasteiger partial charge in [0.1, 0.15) is 6.61 Å². The number of hydrogen-bond donors (Lipinski definition) is 0. The lowest BCUT2D eigenvalue weighted by Gasteiger charge is -2.06. The maximum absolute atomic E-state index is 11.5. The molecule has 0 aliphatic heterocycles. The van der Waals surface area contributed by atoms with Crippen LogP contribution in [-0.4, -0.2) is 5.97 Å². The van der Waals surface area contributed by atoms with E-state index in [0.29, 0.717) is 6.61 Å². The Labute approximate surface area is 88.9 Å². The summed E-state index contributed by atoms with van der Waals surface area (Å²) >= 11 is 0. The molecular weight excluding hydrogens is 188 g/mol. The van der Waals surface area contributed by atoms with Crippen molar-refractivity contribution in [1.82, 2.24) is 0 Å². The molecule has 76 valence electrons. The highest BCUT2D eigenvalue weighted by Gasteiger charge is 2.15. The molecule has 2 heteroatoms. The fraction of sp³-hybridized carbons (Fsp3) is 0.154. The van der Waals surface area contributed by atoms with E-state index in [4.69, 9.17) is 4.74 Å². The summed E-state index contributed by atoms with van der Waals surface area (Å²) in [5.74, 6) is -0.391. The van der Waals surface area contributed by atoms with Crippen LogP contribution in [0.25, 0.3) is 0 Å². The Balaban J connectivity index is 1.86. The molecule has 0 saturated heterocycles. The van der Waals surface area contributed by atoms with Crippen LogP contribution in [0.15, 0.2) is 54.6 Å². The van der Waals surface area contributed by atoms with Gasteiger partial charge in [0, 0.05) is 0 Å². The first-order valence-corrected chi connectivity index (χ1v) is 4.92. The highest BCUT2D eigenvalue weighted by atomic mass is 16.5. The molecule has 0 fully saturated rings. The van der Waals surface area contributed by atoms with Crippen LogP contribution in [0.1, 0.15) is 5.56 Å². The molecule has 1 aromatic rings. The SMILES string of the molecule is O=C(OCc1ccccc1)C1C=CC=C1. The van der Waals surface area contributed by atoms with E-state index in [1.807, 2.05) is 54.6 Å². The van der Waals surface area contributed by atoms with Crippen molar-refractivity contribution in [3.05, 3.63) is 60.2 Å². The Morgan fingerprint density at radius 3 is 2.47 bits per heavy atom. The second-order valence-electron chi connectivity index (χ2n) is 3.39. The molecule has 15 heavy (non-hydrogen) atoms. The van der Waals surface area contributed by atoms with E-state index in [0.717, 1.165) is 5.56 Å². The zero-order valence-electron chi connectivity index (χ0n) is 8.30. The predicted octanol–water partition coefficient (Wildman–Crippen LogP) is 2.47. The van der Waals surface area contributed by atoms with E-state index in [9.17, 15) is 4.79 Å². The Morgan fingerprint density at radius 1 is 1.13 bits per heavy atom. The van der Waals surface area contributed by atoms with Crippen molar-refractivity contribution >= 4 is 5.97 Å². The quantitative estimate of drug-likeness (QED) is 0.700. The van der Waals surface area contributed by atoms with E-state index < -0.39 is 0 Å². The van der Waals surface area contributed by atoms with E-state index in [1.54, 1.807) is 0 Å². The molecule has 0 aromatic heterocycles. The number of carbonyl (C=O) groups is 1. The van der Waals surface area contributed by atoms with Crippen molar-refractivity contribution in [3.63, 3.8) is 0 Å². The summed E-state index contributed by atoms with van der Waals surface area (Å²) in [7, 11) is 0. The number of rotatable bonds is 3.